The third-order valence-electron chi connectivity index (χ3n) is 5.70. The van der Waals surface area contributed by atoms with E-state index in [2.05, 4.69) is 10.5 Å². The molecule has 5 rings (SSSR count). The molecule has 0 aromatic carbocycles. The molecule has 3 aliphatic heterocycles. The Morgan fingerprint density at radius 1 is 1.43 bits per heavy atom. The van der Waals surface area contributed by atoms with Gasteiger partial charge in [-0.3, -0.25) is 25.1 Å². The summed E-state index contributed by atoms with van der Waals surface area (Å²) in [5.41, 5.74) is 6.64. The van der Waals surface area contributed by atoms with Gasteiger partial charge in [0.2, 0.25) is 12.2 Å². The molecule has 0 saturated carbocycles. The summed E-state index contributed by atoms with van der Waals surface area (Å²) in [6, 6.07) is 4.52. The second kappa shape index (κ2) is 8.96. The van der Waals surface area contributed by atoms with E-state index in [-0.39, 0.29) is 18.1 Å². The van der Waals surface area contributed by atoms with Crippen LogP contribution in [0.5, 0.6) is 0 Å². The van der Waals surface area contributed by atoms with Gasteiger partial charge < -0.3 is 29.2 Å². The van der Waals surface area contributed by atoms with Crippen LogP contribution in [0.25, 0.3) is 11.1 Å². The molecule has 14 heteroatoms. The summed E-state index contributed by atoms with van der Waals surface area (Å²) in [7, 11) is 1.26. The number of nitrogens with two attached hydrogens (primary N) is 1. The lowest BCUT2D eigenvalue weighted by molar-refractivity contribution is -0.669. The number of aliphatic carboxylic acids is 1. The monoisotopic (exact) mass is 500 g/mol. The molecule has 2 aromatic heterocycles. The number of hydrogen-bond acceptors (Lipinski definition) is 10. The van der Waals surface area contributed by atoms with Crippen molar-refractivity contribution in [2.45, 2.75) is 24.3 Å². The van der Waals surface area contributed by atoms with Crippen molar-refractivity contribution in [2.75, 3.05) is 12.9 Å². The van der Waals surface area contributed by atoms with Crippen LogP contribution in [-0.4, -0.2) is 64.0 Å². The van der Waals surface area contributed by atoms with E-state index in [0.29, 0.717) is 17.0 Å². The van der Waals surface area contributed by atoms with E-state index in [1.165, 1.54) is 36.2 Å². The molecule has 3 aliphatic rings. The zero-order valence-corrected chi connectivity index (χ0v) is 19.1. The molecule has 3 atom stereocenters. The smallest absolute Gasteiger partial charge is 0.380 e. The zero-order valence-electron chi connectivity index (χ0n) is 18.3. The van der Waals surface area contributed by atoms with Crippen molar-refractivity contribution in [3.63, 3.8) is 0 Å². The number of thioether (sulfide) groups is 1. The highest BCUT2D eigenvalue weighted by Crippen LogP contribution is 2.40. The fourth-order valence-corrected chi connectivity index (χ4v) is 5.47. The quantitative estimate of drug-likeness (QED) is 0.156. The number of nitrogens with one attached hydrogen (secondary N) is 1. The number of carboxylic acid groups (broad SMARTS) is 1. The first kappa shape index (κ1) is 22.7. The van der Waals surface area contributed by atoms with Gasteiger partial charge in [0, 0.05) is 23.6 Å². The number of carbonyl (C=O) groups excluding carboxylic acids is 3. The normalized spacial score (nSPS) is 23.8. The number of rotatable bonds is 5. The second-order valence-electron chi connectivity index (χ2n) is 7.73. The van der Waals surface area contributed by atoms with Crippen molar-refractivity contribution in [1.82, 2.24) is 15.1 Å². The number of β-lactam (4-membered cyclic amide) rings is 1. The molecule has 0 bridgehead atoms. The van der Waals surface area contributed by atoms with Crippen LogP contribution in [0.2, 0.25) is 0 Å². The van der Waals surface area contributed by atoms with E-state index in [1.54, 1.807) is 23.1 Å². The Morgan fingerprint density at radius 3 is 2.97 bits per heavy atom. The highest BCUT2D eigenvalue weighted by Gasteiger charge is 2.53. The van der Waals surface area contributed by atoms with Crippen LogP contribution < -0.4 is 20.7 Å². The molecule has 13 nitrogen and oxygen atoms in total. The Kier molecular flexibility index (Phi) is 5.82. The predicted octanol–water partition coefficient (Wildman–Crippen LogP) is -1.87. The lowest BCUT2D eigenvalue weighted by Gasteiger charge is -2.50. The number of nitrogens with zero attached hydrogens (tertiary/aromatic N) is 4. The minimum absolute atomic E-state index is 0.193. The maximum absolute atomic E-state index is 13.0. The van der Waals surface area contributed by atoms with E-state index >= 15 is 0 Å². The third-order valence-corrected chi connectivity index (χ3v) is 7.04. The Hall–Kier alpha value is -4.04. The summed E-state index contributed by atoms with van der Waals surface area (Å²) in [6.45, 7) is 0.193. The van der Waals surface area contributed by atoms with E-state index in [9.17, 15) is 19.5 Å². The number of aromatic nitrogens is 1. The number of oxime groups is 1. The first-order valence-electron chi connectivity index (χ1n) is 10.4. The Bertz CT molecular complexity index is 1300. The van der Waals surface area contributed by atoms with Crippen LogP contribution in [0.1, 0.15) is 0 Å². The number of amides is 2. The van der Waals surface area contributed by atoms with Gasteiger partial charge in [-0.15, -0.1) is 11.8 Å². The van der Waals surface area contributed by atoms with Crippen molar-refractivity contribution in [3.05, 3.63) is 54.4 Å². The average molecular weight is 500 g/mol. The van der Waals surface area contributed by atoms with Crippen molar-refractivity contribution >= 4 is 46.5 Å². The molecule has 182 valence electrons. The van der Waals surface area contributed by atoms with Gasteiger partial charge in [0.05, 0.1) is 23.3 Å². The highest BCUT2D eigenvalue weighted by atomic mass is 32.2. The number of ether oxygens (including phenoxy) is 1. The lowest BCUT2D eigenvalue weighted by atomic mass is 10.0. The van der Waals surface area contributed by atoms with Gasteiger partial charge in [-0.05, 0) is 12.1 Å². The van der Waals surface area contributed by atoms with Crippen molar-refractivity contribution in [1.29, 1.82) is 0 Å². The number of amidine groups is 1. The maximum atomic E-state index is 13.0. The number of furan rings is 1. The molecule has 0 aliphatic carbocycles. The molecule has 2 unspecified atom stereocenters. The maximum Gasteiger partial charge on any atom is 0.380 e. The fourth-order valence-electron chi connectivity index (χ4n) is 4.13. The summed E-state index contributed by atoms with van der Waals surface area (Å²) in [4.78, 5) is 45.0. The van der Waals surface area contributed by atoms with Gasteiger partial charge >= 0.3 is 5.71 Å². The topological polar surface area (TPSA) is 167 Å². The van der Waals surface area contributed by atoms with Gasteiger partial charge in [0.25, 0.3) is 11.8 Å². The Labute approximate surface area is 202 Å². The first-order valence-corrected chi connectivity index (χ1v) is 11.5. The summed E-state index contributed by atoms with van der Waals surface area (Å²) in [6.07, 6.45) is 5.01. The molecule has 3 N–H and O–H groups in total. The summed E-state index contributed by atoms with van der Waals surface area (Å²) in [5, 5.41) is 18.6. The Morgan fingerprint density at radius 2 is 2.26 bits per heavy atom. The molecule has 1 saturated heterocycles. The molecule has 35 heavy (non-hydrogen) atoms. The molecule has 2 aromatic rings. The molecule has 0 spiro atoms. The summed E-state index contributed by atoms with van der Waals surface area (Å²) >= 11 is 1.33. The minimum atomic E-state index is -1.47. The third kappa shape index (κ3) is 3.85. The van der Waals surface area contributed by atoms with Crippen LogP contribution in [0.3, 0.4) is 0 Å². The number of carbonyl (C=O) groups is 3. The fraction of sp³-hybridized carbons (Fsp3) is 0.286. The van der Waals surface area contributed by atoms with E-state index in [0.717, 1.165) is 10.3 Å². The van der Waals surface area contributed by atoms with Crippen LogP contribution in [-0.2, 0) is 30.5 Å². The van der Waals surface area contributed by atoms with Crippen LogP contribution in [0.4, 0.5) is 0 Å². The van der Waals surface area contributed by atoms with Crippen LogP contribution >= 0.6 is 11.8 Å². The van der Waals surface area contributed by atoms with Crippen LogP contribution in [0.15, 0.2) is 64.0 Å². The molecular weight excluding hydrogens is 480 g/mol. The van der Waals surface area contributed by atoms with Gasteiger partial charge in [-0.25, -0.2) is 0 Å². The Balaban J connectivity index is 1.36. The van der Waals surface area contributed by atoms with E-state index in [1.807, 2.05) is 12.1 Å². The molecular formula is C21H20N6O7S. The van der Waals surface area contributed by atoms with Crippen molar-refractivity contribution < 1.29 is 38.0 Å². The van der Waals surface area contributed by atoms with Gasteiger partial charge in [0.1, 0.15) is 24.8 Å². The van der Waals surface area contributed by atoms with Gasteiger partial charge in [-0.2, -0.15) is 4.57 Å². The minimum Gasteiger partial charge on any atom is -0.543 e. The SMILES string of the molecule is CON=C(C(=O)NC1C(=O)N2C(C(=O)[O-])=C(C[n+]3cccc4ccoc43)CS[C@@H]12)N1C=COC1N. The number of carboxylic acids is 1. The number of fused-ring (bicyclic) bond motifs is 2. The van der Waals surface area contributed by atoms with Crippen molar-refractivity contribution in [2.24, 2.45) is 10.9 Å². The molecule has 1 fully saturated rings. The molecule has 2 amide bonds. The highest BCUT2D eigenvalue weighted by molar-refractivity contribution is 8.00. The predicted molar refractivity (Wildman–Crippen MR) is 118 cm³/mol. The first-order chi connectivity index (χ1) is 16.9. The van der Waals surface area contributed by atoms with E-state index < -0.39 is 35.6 Å². The number of pyridine rings is 1. The molecule has 0 radical (unpaired) electrons. The molecule has 5 heterocycles. The number of hydrogen-bond donors (Lipinski definition) is 2. The van der Waals surface area contributed by atoms with Gasteiger partial charge in [-0.1, -0.05) is 5.16 Å². The average Bonchev–Trinajstić information content (AvgIpc) is 3.49. The summed E-state index contributed by atoms with van der Waals surface area (Å²) in [5.74, 6) is -2.70. The second-order valence-corrected chi connectivity index (χ2v) is 8.84. The van der Waals surface area contributed by atoms with Crippen molar-refractivity contribution in [3.8, 4) is 0 Å². The lowest BCUT2D eigenvalue weighted by Crippen LogP contribution is -2.72. The zero-order chi connectivity index (χ0) is 24.7. The van der Waals surface area contributed by atoms with E-state index in [4.69, 9.17) is 19.7 Å². The van der Waals surface area contributed by atoms with Gasteiger partial charge in [0.15, 0.2) is 12.7 Å². The van der Waals surface area contributed by atoms with Crippen LogP contribution in [0, 0.1) is 0 Å². The standard InChI is InChI=1S/C21H20N6O7S/c1-32-24-15(26-6-8-34-21(26)22)16(28)23-13-17(29)27-14(20(30)31)12(10-35-19(13)27)9-25-5-2-3-11-4-7-33-18(11)25/h2-8,13,19,21H,9-10,22H2,1H3,(H-,23,28,30,31)/t13?,19-,21?/m0/s1. The summed E-state index contributed by atoms with van der Waals surface area (Å²) < 4.78 is 12.3. The largest absolute Gasteiger partial charge is 0.543 e.